The molecule has 1 N–H and O–H groups in total. The molecule has 5 rings (SSSR count). The standard InChI is InChI=1S/C26H26N4OS/c31-26(27-16-20-13-15-29(17-20)23-6-2-1-3-7-23)21-9-11-24(12-10-21)32-19-22-18-30-14-5-4-8-25(30)28-22/h1-12,14,18,20H,13,15-17,19H2,(H,27,31). The van der Waals surface area contributed by atoms with Gasteiger partial charge in [0.15, 0.2) is 0 Å². The zero-order chi connectivity index (χ0) is 21.8. The number of fused-ring (bicyclic) bond motifs is 1. The maximum atomic E-state index is 12.6. The summed E-state index contributed by atoms with van der Waals surface area (Å²) in [5.41, 5.74) is 3.98. The fourth-order valence-electron chi connectivity index (χ4n) is 4.13. The largest absolute Gasteiger partial charge is 0.371 e. The van der Waals surface area contributed by atoms with E-state index in [1.54, 1.807) is 11.8 Å². The number of pyridine rings is 1. The lowest BCUT2D eigenvalue weighted by Crippen LogP contribution is -2.31. The fraction of sp³-hybridized carbons (Fsp3) is 0.231. The molecule has 1 atom stereocenters. The molecule has 162 valence electrons. The lowest BCUT2D eigenvalue weighted by Gasteiger charge is -2.18. The number of rotatable bonds is 7. The first-order chi connectivity index (χ1) is 15.7. The normalized spacial score (nSPS) is 15.9. The van der Waals surface area contributed by atoms with Crippen molar-refractivity contribution in [3.05, 3.63) is 96.4 Å². The summed E-state index contributed by atoms with van der Waals surface area (Å²) < 4.78 is 2.03. The number of carbonyl (C=O) groups excluding carboxylic acids is 1. The maximum Gasteiger partial charge on any atom is 0.251 e. The van der Waals surface area contributed by atoms with Gasteiger partial charge in [-0.05, 0) is 60.9 Å². The molecule has 1 unspecified atom stereocenters. The highest BCUT2D eigenvalue weighted by molar-refractivity contribution is 7.98. The third-order valence-electron chi connectivity index (χ3n) is 5.88. The van der Waals surface area contributed by atoms with Gasteiger partial charge in [0.2, 0.25) is 0 Å². The quantitative estimate of drug-likeness (QED) is 0.414. The predicted molar refractivity (Wildman–Crippen MR) is 130 cm³/mol. The zero-order valence-electron chi connectivity index (χ0n) is 17.9. The second-order valence-electron chi connectivity index (χ2n) is 8.16. The van der Waals surface area contributed by atoms with Gasteiger partial charge in [-0.2, -0.15) is 0 Å². The Kier molecular flexibility index (Phi) is 6.12. The molecule has 6 heteroatoms. The number of amides is 1. The summed E-state index contributed by atoms with van der Waals surface area (Å²) in [6, 6.07) is 24.3. The summed E-state index contributed by atoms with van der Waals surface area (Å²) in [5, 5.41) is 3.12. The van der Waals surface area contributed by atoms with Crippen molar-refractivity contribution >= 4 is 29.0 Å². The first-order valence-corrected chi connectivity index (χ1v) is 12.0. The number of hydrogen-bond acceptors (Lipinski definition) is 4. The van der Waals surface area contributed by atoms with Crippen LogP contribution in [-0.2, 0) is 5.75 Å². The van der Waals surface area contributed by atoms with Gasteiger partial charge in [-0.25, -0.2) is 4.98 Å². The number of para-hydroxylation sites is 1. The van der Waals surface area contributed by atoms with Gasteiger partial charge < -0.3 is 14.6 Å². The Morgan fingerprint density at radius 2 is 1.84 bits per heavy atom. The van der Waals surface area contributed by atoms with E-state index in [1.807, 2.05) is 59.1 Å². The first-order valence-electron chi connectivity index (χ1n) is 11.0. The van der Waals surface area contributed by atoms with Gasteiger partial charge in [-0.3, -0.25) is 4.79 Å². The fourth-order valence-corrected chi connectivity index (χ4v) is 4.91. The van der Waals surface area contributed by atoms with Crippen LogP contribution in [0, 0.1) is 5.92 Å². The van der Waals surface area contributed by atoms with Crippen molar-refractivity contribution in [1.29, 1.82) is 0 Å². The van der Waals surface area contributed by atoms with Crippen molar-refractivity contribution in [2.24, 2.45) is 5.92 Å². The highest BCUT2D eigenvalue weighted by Gasteiger charge is 2.23. The molecule has 1 fully saturated rings. The van der Waals surface area contributed by atoms with Crippen LogP contribution in [0.5, 0.6) is 0 Å². The summed E-state index contributed by atoms with van der Waals surface area (Å²) in [5.74, 6) is 1.28. The molecule has 0 radical (unpaired) electrons. The van der Waals surface area contributed by atoms with E-state index in [-0.39, 0.29) is 5.91 Å². The van der Waals surface area contributed by atoms with Crippen molar-refractivity contribution in [2.45, 2.75) is 17.1 Å². The van der Waals surface area contributed by atoms with E-state index in [0.29, 0.717) is 18.0 Å². The summed E-state index contributed by atoms with van der Waals surface area (Å²) in [4.78, 5) is 20.8. The average molecular weight is 443 g/mol. The van der Waals surface area contributed by atoms with Gasteiger partial charge in [0, 0.05) is 53.9 Å². The molecule has 0 spiro atoms. The molecule has 1 saturated heterocycles. The Balaban J connectivity index is 1.10. The monoisotopic (exact) mass is 442 g/mol. The number of nitrogens with zero attached hydrogens (tertiary/aromatic N) is 3. The van der Waals surface area contributed by atoms with Crippen LogP contribution in [0.2, 0.25) is 0 Å². The summed E-state index contributed by atoms with van der Waals surface area (Å²) in [6.07, 6.45) is 5.18. The third kappa shape index (κ3) is 4.81. The number of thioether (sulfide) groups is 1. The molecule has 1 amide bonds. The van der Waals surface area contributed by atoms with E-state index >= 15 is 0 Å². The van der Waals surface area contributed by atoms with Crippen LogP contribution in [0.15, 0.2) is 90.1 Å². The molecular weight excluding hydrogens is 416 g/mol. The molecule has 0 bridgehead atoms. The predicted octanol–water partition coefficient (Wildman–Crippen LogP) is 4.88. The van der Waals surface area contributed by atoms with Gasteiger partial charge in [0.1, 0.15) is 5.65 Å². The SMILES string of the molecule is O=C(NCC1CCN(c2ccccc2)C1)c1ccc(SCc2cn3ccccc3n2)cc1. The highest BCUT2D eigenvalue weighted by atomic mass is 32.2. The zero-order valence-corrected chi connectivity index (χ0v) is 18.7. The van der Waals surface area contributed by atoms with E-state index in [9.17, 15) is 4.79 Å². The minimum atomic E-state index is 0.0000574. The van der Waals surface area contributed by atoms with Crippen molar-refractivity contribution in [3.63, 3.8) is 0 Å². The smallest absolute Gasteiger partial charge is 0.251 e. The highest BCUT2D eigenvalue weighted by Crippen LogP contribution is 2.24. The summed E-state index contributed by atoms with van der Waals surface area (Å²) >= 11 is 1.73. The molecule has 4 aromatic rings. The summed E-state index contributed by atoms with van der Waals surface area (Å²) in [6.45, 7) is 2.75. The van der Waals surface area contributed by atoms with E-state index in [2.05, 4.69) is 45.7 Å². The van der Waals surface area contributed by atoms with Crippen LogP contribution < -0.4 is 10.2 Å². The number of anilines is 1. The Morgan fingerprint density at radius 3 is 2.66 bits per heavy atom. The molecule has 1 aliphatic rings. The number of hydrogen-bond donors (Lipinski definition) is 1. The number of aromatic nitrogens is 2. The van der Waals surface area contributed by atoms with E-state index < -0.39 is 0 Å². The molecule has 5 nitrogen and oxygen atoms in total. The van der Waals surface area contributed by atoms with E-state index in [1.165, 1.54) is 5.69 Å². The van der Waals surface area contributed by atoms with Crippen molar-refractivity contribution in [1.82, 2.24) is 14.7 Å². The number of nitrogens with one attached hydrogen (secondary N) is 1. The van der Waals surface area contributed by atoms with E-state index in [4.69, 9.17) is 0 Å². The maximum absolute atomic E-state index is 12.6. The first kappa shape index (κ1) is 20.6. The molecule has 0 aliphatic carbocycles. The van der Waals surface area contributed by atoms with Gasteiger partial charge in [-0.15, -0.1) is 11.8 Å². The molecule has 3 heterocycles. The number of carbonyl (C=O) groups is 1. The van der Waals surface area contributed by atoms with Crippen LogP contribution >= 0.6 is 11.8 Å². The average Bonchev–Trinajstić information content (AvgIpc) is 3.49. The van der Waals surface area contributed by atoms with Crippen LogP contribution in [-0.4, -0.2) is 34.9 Å². The van der Waals surface area contributed by atoms with Crippen molar-refractivity contribution in [3.8, 4) is 0 Å². The lowest BCUT2D eigenvalue weighted by molar-refractivity contribution is 0.0948. The van der Waals surface area contributed by atoms with Crippen LogP contribution in [0.3, 0.4) is 0 Å². The summed E-state index contributed by atoms with van der Waals surface area (Å²) in [7, 11) is 0. The van der Waals surface area contributed by atoms with Crippen molar-refractivity contribution in [2.75, 3.05) is 24.5 Å². The van der Waals surface area contributed by atoms with Gasteiger partial charge in [-0.1, -0.05) is 24.3 Å². The molecule has 0 saturated carbocycles. The topological polar surface area (TPSA) is 49.6 Å². The number of imidazole rings is 1. The minimum absolute atomic E-state index is 0.0000574. The molecule has 2 aromatic heterocycles. The Labute approximate surface area is 192 Å². The van der Waals surface area contributed by atoms with Crippen LogP contribution in [0.1, 0.15) is 22.5 Å². The van der Waals surface area contributed by atoms with Gasteiger partial charge >= 0.3 is 0 Å². The Bertz CT molecular complexity index is 1160. The number of benzene rings is 2. The van der Waals surface area contributed by atoms with Crippen LogP contribution in [0.25, 0.3) is 5.65 Å². The van der Waals surface area contributed by atoms with Crippen LogP contribution in [0.4, 0.5) is 5.69 Å². The van der Waals surface area contributed by atoms with E-state index in [0.717, 1.165) is 41.5 Å². The Morgan fingerprint density at radius 1 is 1.03 bits per heavy atom. The third-order valence-corrected chi connectivity index (χ3v) is 6.92. The molecule has 2 aromatic carbocycles. The van der Waals surface area contributed by atoms with Gasteiger partial charge in [0.25, 0.3) is 5.91 Å². The van der Waals surface area contributed by atoms with Gasteiger partial charge in [0.05, 0.1) is 5.69 Å². The lowest BCUT2D eigenvalue weighted by atomic mass is 10.1. The molecular formula is C26H26N4OS. The second kappa shape index (κ2) is 9.49. The van der Waals surface area contributed by atoms with Crippen molar-refractivity contribution < 1.29 is 4.79 Å². The minimum Gasteiger partial charge on any atom is -0.371 e. The molecule has 1 aliphatic heterocycles. The molecule has 32 heavy (non-hydrogen) atoms. The second-order valence-corrected chi connectivity index (χ2v) is 9.21. The Hall–Kier alpha value is -3.25.